The van der Waals surface area contributed by atoms with Gasteiger partial charge in [-0.1, -0.05) is 17.7 Å². The van der Waals surface area contributed by atoms with Crippen molar-refractivity contribution in [3.05, 3.63) is 54.0 Å². The molecule has 0 atom stereocenters. The Morgan fingerprint density at radius 2 is 2.00 bits per heavy atom. The maximum Gasteiger partial charge on any atom is 0.293 e. The number of rotatable bonds is 5. The lowest BCUT2D eigenvalue weighted by Crippen LogP contribution is -2.32. The lowest BCUT2D eigenvalue weighted by molar-refractivity contribution is 0.0960. The first-order valence-corrected chi connectivity index (χ1v) is 6.34. The van der Waals surface area contributed by atoms with Crippen LogP contribution in [0.1, 0.15) is 22.5 Å². The van der Waals surface area contributed by atoms with E-state index in [4.69, 9.17) is 10.2 Å². The number of hydrogen-bond acceptors (Lipinski definition) is 3. The van der Waals surface area contributed by atoms with Crippen molar-refractivity contribution in [2.45, 2.75) is 13.3 Å². The van der Waals surface area contributed by atoms with Gasteiger partial charge in [0.1, 0.15) is 0 Å². The highest BCUT2D eigenvalue weighted by molar-refractivity contribution is 6.04. The molecular weight excluding hydrogens is 240 g/mol. The first-order chi connectivity index (χ1) is 9.22. The van der Waals surface area contributed by atoms with Crippen LogP contribution in [0, 0.1) is 6.92 Å². The fourth-order valence-corrected chi connectivity index (χ4v) is 1.86. The van der Waals surface area contributed by atoms with Crippen molar-refractivity contribution >= 4 is 11.6 Å². The van der Waals surface area contributed by atoms with Crippen molar-refractivity contribution in [3.63, 3.8) is 0 Å². The molecule has 2 N–H and O–H groups in total. The molecule has 0 saturated carbocycles. The maximum atomic E-state index is 12.4. The Hall–Kier alpha value is -2.07. The second-order valence-electron chi connectivity index (χ2n) is 4.41. The van der Waals surface area contributed by atoms with Gasteiger partial charge in [-0.2, -0.15) is 0 Å². The minimum atomic E-state index is -0.137. The third-order valence-electron chi connectivity index (χ3n) is 2.91. The van der Waals surface area contributed by atoms with Gasteiger partial charge in [0.2, 0.25) is 0 Å². The highest BCUT2D eigenvalue weighted by atomic mass is 16.3. The summed E-state index contributed by atoms with van der Waals surface area (Å²) in [6, 6.07) is 11.2. The minimum Gasteiger partial charge on any atom is -0.459 e. The van der Waals surface area contributed by atoms with Gasteiger partial charge < -0.3 is 15.1 Å². The highest BCUT2D eigenvalue weighted by Gasteiger charge is 2.19. The summed E-state index contributed by atoms with van der Waals surface area (Å²) < 4.78 is 5.18. The second-order valence-corrected chi connectivity index (χ2v) is 4.41. The fourth-order valence-electron chi connectivity index (χ4n) is 1.86. The number of hydrogen-bond donors (Lipinski definition) is 1. The van der Waals surface area contributed by atoms with Gasteiger partial charge in [-0.05, 0) is 44.2 Å². The van der Waals surface area contributed by atoms with E-state index < -0.39 is 0 Å². The zero-order chi connectivity index (χ0) is 13.7. The Balaban J connectivity index is 2.25. The number of nitrogens with two attached hydrogens (primary N) is 1. The fraction of sp³-hybridized carbons (Fsp3) is 0.267. The molecule has 0 spiro atoms. The van der Waals surface area contributed by atoms with Crippen LogP contribution >= 0.6 is 0 Å². The molecule has 0 aliphatic heterocycles. The second kappa shape index (κ2) is 6.20. The quantitative estimate of drug-likeness (QED) is 0.896. The van der Waals surface area contributed by atoms with Crippen molar-refractivity contribution in [3.8, 4) is 0 Å². The van der Waals surface area contributed by atoms with Gasteiger partial charge in [-0.3, -0.25) is 4.79 Å². The van der Waals surface area contributed by atoms with Crippen LogP contribution in [0.2, 0.25) is 0 Å². The summed E-state index contributed by atoms with van der Waals surface area (Å²) >= 11 is 0. The molecule has 1 heterocycles. The Bertz CT molecular complexity index is 518. The summed E-state index contributed by atoms with van der Waals surface area (Å²) in [6.07, 6.45) is 2.25. The number of anilines is 1. The summed E-state index contributed by atoms with van der Waals surface area (Å²) in [5.41, 5.74) is 7.56. The van der Waals surface area contributed by atoms with Crippen molar-refractivity contribution in [2.24, 2.45) is 5.73 Å². The van der Waals surface area contributed by atoms with Crippen LogP contribution < -0.4 is 10.6 Å². The predicted octanol–water partition coefficient (Wildman–Crippen LogP) is 2.58. The Kier molecular flexibility index (Phi) is 4.36. The lowest BCUT2D eigenvalue weighted by atomic mass is 10.2. The van der Waals surface area contributed by atoms with Crippen LogP contribution in [0.3, 0.4) is 0 Å². The van der Waals surface area contributed by atoms with E-state index >= 15 is 0 Å². The topological polar surface area (TPSA) is 59.5 Å². The van der Waals surface area contributed by atoms with Gasteiger partial charge in [0, 0.05) is 12.2 Å². The van der Waals surface area contributed by atoms with Crippen LogP contribution in [0.4, 0.5) is 5.69 Å². The third-order valence-corrected chi connectivity index (χ3v) is 2.91. The zero-order valence-electron chi connectivity index (χ0n) is 11.0. The van der Waals surface area contributed by atoms with Crippen LogP contribution in [0.5, 0.6) is 0 Å². The van der Waals surface area contributed by atoms with E-state index in [1.165, 1.54) is 6.26 Å². The van der Waals surface area contributed by atoms with E-state index in [-0.39, 0.29) is 5.91 Å². The first-order valence-electron chi connectivity index (χ1n) is 6.34. The molecule has 0 aliphatic carbocycles. The normalized spacial score (nSPS) is 10.4. The number of nitrogens with zero attached hydrogens (tertiary/aromatic N) is 1. The van der Waals surface area contributed by atoms with Crippen LogP contribution in [0.15, 0.2) is 47.1 Å². The van der Waals surface area contributed by atoms with Gasteiger partial charge >= 0.3 is 0 Å². The standard InChI is InChI=1S/C15H18N2O2/c1-12-5-7-13(8-6-12)17(10-3-9-16)15(18)14-4-2-11-19-14/h2,4-8,11H,3,9-10,16H2,1H3. The monoisotopic (exact) mass is 258 g/mol. The van der Waals surface area contributed by atoms with Crippen molar-refractivity contribution in [1.29, 1.82) is 0 Å². The molecule has 0 aliphatic rings. The molecule has 19 heavy (non-hydrogen) atoms. The molecule has 0 fully saturated rings. The smallest absolute Gasteiger partial charge is 0.293 e. The van der Waals surface area contributed by atoms with Gasteiger partial charge in [0.05, 0.1) is 6.26 Å². The molecule has 0 radical (unpaired) electrons. The molecular formula is C15H18N2O2. The summed E-state index contributed by atoms with van der Waals surface area (Å²) in [5.74, 6) is 0.208. The van der Waals surface area contributed by atoms with Crippen molar-refractivity contribution < 1.29 is 9.21 Å². The molecule has 2 aromatic rings. The summed E-state index contributed by atoms with van der Waals surface area (Å²) in [6.45, 7) is 3.15. The summed E-state index contributed by atoms with van der Waals surface area (Å²) in [7, 11) is 0. The summed E-state index contributed by atoms with van der Waals surface area (Å²) in [4.78, 5) is 14.1. The lowest BCUT2D eigenvalue weighted by Gasteiger charge is -2.21. The van der Waals surface area contributed by atoms with Gasteiger partial charge in [-0.25, -0.2) is 0 Å². The number of furan rings is 1. The molecule has 0 bridgehead atoms. The molecule has 2 rings (SSSR count). The molecule has 4 heteroatoms. The Morgan fingerprint density at radius 3 is 2.58 bits per heavy atom. The number of carbonyl (C=O) groups excluding carboxylic acids is 1. The maximum absolute atomic E-state index is 12.4. The number of carbonyl (C=O) groups is 1. The molecule has 1 aromatic heterocycles. The average molecular weight is 258 g/mol. The minimum absolute atomic E-state index is 0.137. The average Bonchev–Trinajstić information content (AvgIpc) is 2.95. The van der Waals surface area contributed by atoms with Gasteiger partial charge in [0.15, 0.2) is 5.76 Å². The van der Waals surface area contributed by atoms with E-state index in [9.17, 15) is 4.79 Å². The molecule has 0 saturated heterocycles. The van der Waals surface area contributed by atoms with Crippen LogP contribution in [-0.2, 0) is 0 Å². The third kappa shape index (κ3) is 3.23. The molecule has 4 nitrogen and oxygen atoms in total. The van der Waals surface area contributed by atoms with Crippen molar-refractivity contribution in [1.82, 2.24) is 0 Å². The Morgan fingerprint density at radius 1 is 1.26 bits per heavy atom. The van der Waals surface area contributed by atoms with E-state index in [1.54, 1.807) is 17.0 Å². The molecule has 100 valence electrons. The SMILES string of the molecule is Cc1ccc(N(CCCN)C(=O)c2ccco2)cc1. The van der Waals surface area contributed by atoms with Crippen LogP contribution in [-0.4, -0.2) is 19.0 Å². The zero-order valence-corrected chi connectivity index (χ0v) is 11.0. The van der Waals surface area contributed by atoms with E-state index in [0.717, 1.165) is 17.7 Å². The largest absolute Gasteiger partial charge is 0.459 e. The van der Waals surface area contributed by atoms with E-state index in [0.29, 0.717) is 18.8 Å². The first kappa shape index (κ1) is 13.4. The number of benzene rings is 1. The number of amides is 1. The molecule has 1 aromatic carbocycles. The summed E-state index contributed by atoms with van der Waals surface area (Å²) in [5, 5.41) is 0. The predicted molar refractivity (Wildman–Crippen MR) is 75.2 cm³/mol. The van der Waals surface area contributed by atoms with Gasteiger partial charge in [-0.15, -0.1) is 0 Å². The van der Waals surface area contributed by atoms with Gasteiger partial charge in [0.25, 0.3) is 5.91 Å². The van der Waals surface area contributed by atoms with E-state index in [2.05, 4.69) is 0 Å². The number of aryl methyl sites for hydroxylation is 1. The molecule has 0 unspecified atom stereocenters. The highest BCUT2D eigenvalue weighted by Crippen LogP contribution is 2.18. The van der Waals surface area contributed by atoms with Crippen molar-refractivity contribution in [2.75, 3.05) is 18.0 Å². The van der Waals surface area contributed by atoms with E-state index in [1.807, 2.05) is 31.2 Å². The molecule has 1 amide bonds. The Labute approximate surface area is 112 Å². The van der Waals surface area contributed by atoms with Crippen LogP contribution in [0.25, 0.3) is 0 Å².